The highest BCUT2D eigenvalue weighted by Gasteiger charge is 2.15. The molecule has 8 heteroatoms. The Labute approximate surface area is 130 Å². The average molecular weight is 313 g/mol. The molecule has 23 heavy (non-hydrogen) atoms. The number of carbonyl (C=O) groups is 1. The van der Waals surface area contributed by atoms with Crippen LogP contribution < -0.4 is 5.32 Å². The smallest absolute Gasteiger partial charge is 0.311 e. The van der Waals surface area contributed by atoms with E-state index in [9.17, 15) is 20.0 Å². The number of rotatable bonds is 5. The fourth-order valence-electron chi connectivity index (χ4n) is 1.77. The molecule has 1 heterocycles. The van der Waals surface area contributed by atoms with E-state index in [2.05, 4.69) is 5.32 Å². The zero-order valence-electron chi connectivity index (χ0n) is 11.7. The SMILES string of the molecule is N#C/C(=C\c1ccc(O)c([N+](=O)[O-])c1)C(=O)NCc1ccco1. The summed E-state index contributed by atoms with van der Waals surface area (Å²) in [6.45, 7) is 0.112. The van der Waals surface area contributed by atoms with Crippen molar-refractivity contribution in [3.8, 4) is 11.8 Å². The van der Waals surface area contributed by atoms with E-state index < -0.39 is 22.3 Å². The third-order valence-corrected chi connectivity index (χ3v) is 2.88. The lowest BCUT2D eigenvalue weighted by atomic mass is 10.1. The number of nitro benzene ring substituents is 1. The molecule has 1 amide bonds. The third kappa shape index (κ3) is 3.95. The predicted molar refractivity (Wildman–Crippen MR) is 78.9 cm³/mol. The van der Waals surface area contributed by atoms with Crippen LogP contribution in [0.1, 0.15) is 11.3 Å². The van der Waals surface area contributed by atoms with Crippen LogP contribution in [0, 0.1) is 21.4 Å². The first-order valence-corrected chi connectivity index (χ1v) is 6.41. The highest BCUT2D eigenvalue weighted by atomic mass is 16.6. The number of nitrogens with one attached hydrogen (secondary N) is 1. The van der Waals surface area contributed by atoms with Crippen molar-refractivity contribution in [3.63, 3.8) is 0 Å². The topological polar surface area (TPSA) is 129 Å². The largest absolute Gasteiger partial charge is 0.502 e. The Balaban J connectivity index is 2.18. The lowest BCUT2D eigenvalue weighted by molar-refractivity contribution is -0.385. The van der Waals surface area contributed by atoms with Gasteiger partial charge >= 0.3 is 5.69 Å². The number of nitriles is 1. The van der Waals surface area contributed by atoms with E-state index in [0.717, 1.165) is 12.1 Å². The fourth-order valence-corrected chi connectivity index (χ4v) is 1.77. The molecule has 0 atom stereocenters. The Kier molecular flexibility index (Phi) is 4.74. The van der Waals surface area contributed by atoms with Crippen molar-refractivity contribution in [3.05, 3.63) is 63.6 Å². The van der Waals surface area contributed by atoms with Gasteiger partial charge < -0.3 is 14.8 Å². The van der Waals surface area contributed by atoms with Crippen molar-refractivity contribution in [2.45, 2.75) is 6.54 Å². The van der Waals surface area contributed by atoms with Crippen molar-refractivity contribution >= 4 is 17.7 Å². The minimum absolute atomic E-state index is 0.112. The number of amides is 1. The molecule has 0 aliphatic carbocycles. The molecule has 2 rings (SSSR count). The minimum Gasteiger partial charge on any atom is -0.502 e. The van der Waals surface area contributed by atoms with Gasteiger partial charge in [-0.2, -0.15) is 5.26 Å². The Morgan fingerprint density at radius 3 is 2.87 bits per heavy atom. The summed E-state index contributed by atoms with van der Waals surface area (Å²) in [5.74, 6) is -0.608. The zero-order valence-corrected chi connectivity index (χ0v) is 11.7. The molecule has 0 bridgehead atoms. The van der Waals surface area contributed by atoms with E-state index in [4.69, 9.17) is 9.68 Å². The first-order chi connectivity index (χ1) is 11.0. The van der Waals surface area contributed by atoms with Gasteiger partial charge in [0, 0.05) is 6.07 Å². The normalized spacial score (nSPS) is 10.8. The van der Waals surface area contributed by atoms with Crippen molar-refractivity contribution in [2.75, 3.05) is 0 Å². The van der Waals surface area contributed by atoms with Crippen LogP contribution in [-0.2, 0) is 11.3 Å². The first-order valence-electron chi connectivity index (χ1n) is 6.41. The Morgan fingerprint density at radius 1 is 1.48 bits per heavy atom. The highest BCUT2D eigenvalue weighted by Crippen LogP contribution is 2.27. The van der Waals surface area contributed by atoms with Gasteiger partial charge in [-0.15, -0.1) is 0 Å². The molecule has 0 aliphatic heterocycles. The van der Waals surface area contributed by atoms with Crippen LogP contribution in [0.3, 0.4) is 0 Å². The number of aromatic hydroxyl groups is 1. The van der Waals surface area contributed by atoms with Crippen LogP contribution in [0.15, 0.2) is 46.6 Å². The van der Waals surface area contributed by atoms with Crippen molar-refractivity contribution in [1.82, 2.24) is 5.32 Å². The molecule has 2 N–H and O–H groups in total. The predicted octanol–water partition coefficient (Wildman–Crippen LogP) is 2.12. The maximum atomic E-state index is 11.9. The molecule has 0 saturated heterocycles. The van der Waals surface area contributed by atoms with Crippen molar-refractivity contribution in [1.29, 1.82) is 5.26 Å². The van der Waals surface area contributed by atoms with Crippen molar-refractivity contribution < 1.29 is 19.2 Å². The van der Waals surface area contributed by atoms with E-state index in [1.807, 2.05) is 0 Å². The molecule has 1 aromatic heterocycles. The van der Waals surface area contributed by atoms with Gasteiger partial charge in [0.15, 0.2) is 5.75 Å². The lowest BCUT2D eigenvalue weighted by Gasteiger charge is -2.02. The summed E-state index contributed by atoms with van der Waals surface area (Å²) in [6.07, 6.45) is 2.65. The molecule has 0 unspecified atom stereocenters. The summed E-state index contributed by atoms with van der Waals surface area (Å²) in [5, 5.41) is 31.7. The van der Waals surface area contributed by atoms with E-state index in [0.29, 0.717) is 5.76 Å². The van der Waals surface area contributed by atoms with Gasteiger partial charge in [0.05, 0.1) is 17.7 Å². The van der Waals surface area contributed by atoms with Crippen molar-refractivity contribution in [2.24, 2.45) is 0 Å². The summed E-state index contributed by atoms with van der Waals surface area (Å²) >= 11 is 0. The quantitative estimate of drug-likeness (QED) is 0.376. The second-order valence-corrected chi connectivity index (χ2v) is 4.44. The Hall–Kier alpha value is -3.60. The third-order valence-electron chi connectivity index (χ3n) is 2.88. The summed E-state index contributed by atoms with van der Waals surface area (Å²) in [6, 6.07) is 8.62. The minimum atomic E-state index is -0.754. The molecule has 0 aliphatic rings. The lowest BCUT2D eigenvalue weighted by Crippen LogP contribution is -2.23. The van der Waals surface area contributed by atoms with Gasteiger partial charge in [-0.25, -0.2) is 0 Å². The Bertz CT molecular complexity index is 803. The van der Waals surface area contributed by atoms with Gasteiger partial charge in [-0.05, 0) is 29.8 Å². The molecule has 2 aromatic rings. The maximum absolute atomic E-state index is 11.9. The number of phenolic OH excluding ortho intramolecular Hbond substituents is 1. The number of hydrogen-bond donors (Lipinski definition) is 2. The van der Waals surface area contributed by atoms with Gasteiger partial charge in [-0.3, -0.25) is 14.9 Å². The molecule has 0 fully saturated rings. The second kappa shape index (κ2) is 6.91. The van der Waals surface area contributed by atoms with Crippen LogP contribution in [0.5, 0.6) is 5.75 Å². The summed E-state index contributed by atoms with van der Waals surface area (Å²) in [4.78, 5) is 21.9. The monoisotopic (exact) mass is 313 g/mol. The number of furan rings is 1. The summed E-state index contributed by atoms with van der Waals surface area (Å²) < 4.78 is 5.05. The molecular formula is C15H11N3O5. The molecule has 1 aromatic carbocycles. The number of benzene rings is 1. The van der Waals surface area contributed by atoms with E-state index in [-0.39, 0.29) is 17.7 Å². The molecule has 0 radical (unpaired) electrons. The first kappa shape index (κ1) is 15.8. The second-order valence-electron chi connectivity index (χ2n) is 4.44. The van der Waals surface area contributed by atoms with Gasteiger partial charge in [0.2, 0.25) is 0 Å². The molecular weight excluding hydrogens is 302 g/mol. The van der Waals surface area contributed by atoms with Gasteiger partial charge in [-0.1, -0.05) is 6.07 Å². The van der Waals surface area contributed by atoms with Crippen LogP contribution in [-0.4, -0.2) is 15.9 Å². The standard InChI is InChI=1S/C15H11N3O5/c16-8-11(15(20)17-9-12-2-1-5-23-12)6-10-3-4-14(19)13(7-10)18(21)22/h1-7,19H,9H2,(H,17,20)/b11-6+. The molecule has 116 valence electrons. The summed E-state index contributed by atoms with van der Waals surface area (Å²) in [5.41, 5.74) is -0.484. The van der Waals surface area contributed by atoms with E-state index in [1.165, 1.54) is 18.4 Å². The van der Waals surface area contributed by atoms with Gasteiger partial charge in [0.25, 0.3) is 5.91 Å². The van der Waals surface area contributed by atoms with Crippen LogP contribution in [0.4, 0.5) is 5.69 Å². The van der Waals surface area contributed by atoms with E-state index in [1.54, 1.807) is 18.2 Å². The number of hydrogen-bond acceptors (Lipinski definition) is 6. The van der Waals surface area contributed by atoms with Crippen LogP contribution >= 0.6 is 0 Å². The number of carbonyl (C=O) groups excluding carboxylic acids is 1. The molecule has 8 nitrogen and oxygen atoms in total. The number of nitrogens with zero attached hydrogens (tertiary/aromatic N) is 2. The number of nitro groups is 1. The average Bonchev–Trinajstić information content (AvgIpc) is 3.04. The van der Waals surface area contributed by atoms with Gasteiger partial charge in [0.1, 0.15) is 17.4 Å². The molecule has 0 spiro atoms. The van der Waals surface area contributed by atoms with E-state index >= 15 is 0 Å². The number of phenols is 1. The molecule has 0 saturated carbocycles. The Morgan fingerprint density at radius 2 is 2.26 bits per heavy atom. The summed E-state index contributed by atoms with van der Waals surface area (Å²) in [7, 11) is 0. The highest BCUT2D eigenvalue weighted by molar-refractivity contribution is 6.01. The zero-order chi connectivity index (χ0) is 16.8. The fraction of sp³-hybridized carbons (Fsp3) is 0.0667. The maximum Gasteiger partial charge on any atom is 0.311 e. The van der Waals surface area contributed by atoms with Crippen LogP contribution in [0.25, 0.3) is 6.08 Å². The van der Waals surface area contributed by atoms with Crippen LogP contribution in [0.2, 0.25) is 0 Å².